The number of hydrogen-bond donors (Lipinski definition) is 2. The Morgan fingerprint density at radius 3 is 2.35 bits per heavy atom. The summed E-state index contributed by atoms with van der Waals surface area (Å²) in [6.07, 6.45) is -4.91. The van der Waals surface area contributed by atoms with Gasteiger partial charge in [0.1, 0.15) is 11.5 Å². The van der Waals surface area contributed by atoms with Gasteiger partial charge < -0.3 is 11.1 Å². The van der Waals surface area contributed by atoms with Crippen LogP contribution in [0.5, 0.6) is 0 Å². The maximum absolute atomic E-state index is 14.3. The highest BCUT2D eigenvalue weighted by atomic mass is 19.4. The van der Waals surface area contributed by atoms with E-state index in [1.165, 1.54) is 26.0 Å². The summed E-state index contributed by atoms with van der Waals surface area (Å²) in [5.41, 5.74) is 3.57. The second-order valence-corrected chi connectivity index (χ2v) is 8.22. The number of carbonyl (C=O) groups excluding carboxylic acids is 3. The minimum atomic E-state index is -4.91. The first-order chi connectivity index (χ1) is 17.4. The second-order valence-electron chi connectivity index (χ2n) is 8.22. The Balaban J connectivity index is 1.72. The van der Waals surface area contributed by atoms with Gasteiger partial charge in [-0.25, -0.2) is 9.37 Å². The first kappa shape index (κ1) is 25.5. The van der Waals surface area contributed by atoms with Gasteiger partial charge in [0, 0.05) is 10.9 Å². The largest absolute Gasteiger partial charge is 0.437 e. The highest BCUT2D eigenvalue weighted by Gasteiger charge is 2.39. The number of Topliss-reactive ketones (excluding diaryl/α,β-unsaturated/α-hetero) is 1. The lowest BCUT2D eigenvalue weighted by Crippen LogP contribution is -2.20. The number of nitrogens with two attached hydrogens (primary N) is 1. The summed E-state index contributed by atoms with van der Waals surface area (Å²) >= 11 is 0. The molecule has 12 heteroatoms. The number of pyridine rings is 1. The van der Waals surface area contributed by atoms with Crippen molar-refractivity contribution in [2.24, 2.45) is 5.73 Å². The first-order valence-electron chi connectivity index (χ1n) is 10.8. The number of rotatable bonds is 6. The Morgan fingerprint density at radius 1 is 1.08 bits per heavy atom. The first-order valence-corrected chi connectivity index (χ1v) is 10.8. The molecule has 0 aliphatic rings. The van der Waals surface area contributed by atoms with Gasteiger partial charge in [0.25, 0.3) is 5.91 Å². The highest BCUT2D eigenvalue weighted by Crippen LogP contribution is 2.36. The Morgan fingerprint density at radius 2 is 1.76 bits per heavy atom. The molecule has 2 aromatic heterocycles. The van der Waals surface area contributed by atoms with Crippen molar-refractivity contribution in [2.75, 3.05) is 5.32 Å². The van der Waals surface area contributed by atoms with Crippen molar-refractivity contribution in [3.8, 4) is 0 Å². The molecule has 37 heavy (non-hydrogen) atoms. The molecule has 8 nitrogen and oxygen atoms in total. The fourth-order valence-electron chi connectivity index (χ4n) is 3.80. The summed E-state index contributed by atoms with van der Waals surface area (Å²) in [5.74, 6) is -3.07. The summed E-state index contributed by atoms with van der Waals surface area (Å²) in [6.45, 7) is 2.67. The Labute approximate surface area is 207 Å². The molecule has 0 atom stereocenters. The number of amides is 2. The summed E-state index contributed by atoms with van der Waals surface area (Å²) in [4.78, 5) is 40.3. The van der Waals surface area contributed by atoms with E-state index in [1.807, 2.05) is 0 Å². The number of hydrogen-bond acceptors (Lipinski definition) is 5. The van der Waals surface area contributed by atoms with E-state index >= 15 is 0 Å². The van der Waals surface area contributed by atoms with Crippen LogP contribution in [0.2, 0.25) is 0 Å². The summed E-state index contributed by atoms with van der Waals surface area (Å²) in [7, 11) is 0. The predicted molar refractivity (Wildman–Crippen MR) is 126 cm³/mol. The van der Waals surface area contributed by atoms with E-state index in [4.69, 9.17) is 5.73 Å². The fourth-order valence-corrected chi connectivity index (χ4v) is 3.80. The molecule has 2 amide bonds. The average molecular weight is 513 g/mol. The number of alkyl halides is 3. The zero-order chi connectivity index (χ0) is 27.1. The van der Waals surface area contributed by atoms with Crippen LogP contribution >= 0.6 is 0 Å². The van der Waals surface area contributed by atoms with Crippen LogP contribution in [-0.4, -0.2) is 32.4 Å². The van der Waals surface area contributed by atoms with Crippen molar-refractivity contribution in [1.82, 2.24) is 14.8 Å². The monoisotopic (exact) mass is 513 g/mol. The van der Waals surface area contributed by atoms with E-state index < -0.39 is 40.9 Å². The maximum atomic E-state index is 14.3. The maximum Gasteiger partial charge on any atom is 0.437 e. The van der Waals surface area contributed by atoms with E-state index in [0.29, 0.717) is 11.1 Å². The van der Waals surface area contributed by atoms with Crippen LogP contribution in [-0.2, 0) is 12.7 Å². The van der Waals surface area contributed by atoms with Gasteiger partial charge in [-0.15, -0.1) is 0 Å². The lowest BCUT2D eigenvalue weighted by Gasteiger charge is -2.11. The van der Waals surface area contributed by atoms with Crippen molar-refractivity contribution >= 4 is 34.2 Å². The smallest absolute Gasteiger partial charge is 0.366 e. The van der Waals surface area contributed by atoms with Gasteiger partial charge in [-0.05, 0) is 37.6 Å². The molecule has 2 aromatic carbocycles. The number of anilines is 1. The van der Waals surface area contributed by atoms with Crippen LogP contribution in [0.25, 0.3) is 10.9 Å². The second kappa shape index (κ2) is 9.45. The topological polar surface area (TPSA) is 120 Å². The predicted octanol–water partition coefficient (Wildman–Crippen LogP) is 4.50. The van der Waals surface area contributed by atoms with E-state index in [0.717, 1.165) is 16.8 Å². The quantitative estimate of drug-likeness (QED) is 0.291. The standard InChI is InChI=1S/C25H19F4N5O3/c1-12-21(22(25(27,28)29)33-34(12)11-14-6-8-15(9-7-14)13(2)35)32-24(37)19-10-16(23(30)36)20-17(26)4-3-5-18(20)31-19/h3-10H,11H2,1-2H3,(H2,30,36)(H,32,37). The van der Waals surface area contributed by atoms with Crippen LogP contribution in [0.3, 0.4) is 0 Å². The van der Waals surface area contributed by atoms with Crippen LogP contribution < -0.4 is 11.1 Å². The molecule has 4 aromatic rings. The number of benzene rings is 2. The van der Waals surface area contributed by atoms with Crippen molar-refractivity contribution < 1.29 is 31.9 Å². The third-order valence-corrected chi connectivity index (χ3v) is 5.69. The molecule has 0 saturated heterocycles. The molecule has 0 bridgehead atoms. The molecule has 0 aliphatic heterocycles. The number of primary amides is 1. The van der Waals surface area contributed by atoms with E-state index in [1.54, 1.807) is 24.3 Å². The van der Waals surface area contributed by atoms with Crippen LogP contribution in [0.4, 0.5) is 23.2 Å². The Kier molecular flexibility index (Phi) is 6.51. The van der Waals surface area contributed by atoms with Gasteiger partial charge in [0.05, 0.1) is 29.0 Å². The van der Waals surface area contributed by atoms with Gasteiger partial charge in [-0.3, -0.25) is 19.1 Å². The summed E-state index contributed by atoms with van der Waals surface area (Å²) < 4.78 is 56.8. The number of carbonyl (C=O) groups is 3. The molecular weight excluding hydrogens is 494 g/mol. The average Bonchev–Trinajstić information content (AvgIpc) is 3.14. The Hall–Kier alpha value is -4.61. The lowest BCUT2D eigenvalue weighted by atomic mass is 10.1. The molecule has 3 N–H and O–H groups in total. The zero-order valence-corrected chi connectivity index (χ0v) is 19.5. The van der Waals surface area contributed by atoms with E-state index in [2.05, 4.69) is 15.4 Å². The SMILES string of the molecule is CC(=O)c1ccc(Cn2nc(C(F)(F)F)c(NC(=O)c3cc(C(N)=O)c4c(F)cccc4n3)c2C)cc1. The normalized spacial score (nSPS) is 11.5. The molecule has 4 rings (SSSR count). The minimum Gasteiger partial charge on any atom is -0.366 e. The van der Waals surface area contributed by atoms with Crippen LogP contribution in [0.15, 0.2) is 48.5 Å². The minimum absolute atomic E-state index is 0.00159. The number of halogens is 4. The zero-order valence-electron chi connectivity index (χ0n) is 19.5. The number of aromatic nitrogens is 3. The lowest BCUT2D eigenvalue weighted by molar-refractivity contribution is -0.140. The molecule has 0 fully saturated rings. The molecule has 0 spiro atoms. The number of nitrogens with zero attached hydrogens (tertiary/aromatic N) is 3. The number of nitrogens with one attached hydrogen (secondary N) is 1. The number of fused-ring (bicyclic) bond motifs is 1. The highest BCUT2D eigenvalue weighted by molar-refractivity contribution is 6.10. The fraction of sp³-hybridized carbons (Fsp3) is 0.160. The molecule has 0 aliphatic carbocycles. The van der Waals surface area contributed by atoms with Crippen LogP contribution in [0.1, 0.15) is 55.1 Å². The van der Waals surface area contributed by atoms with Crippen LogP contribution in [0, 0.1) is 12.7 Å². The van der Waals surface area contributed by atoms with Gasteiger partial charge in [0.2, 0.25) is 5.91 Å². The van der Waals surface area contributed by atoms with Gasteiger partial charge >= 0.3 is 6.18 Å². The van der Waals surface area contributed by atoms with Crippen molar-refractivity contribution in [3.05, 3.63) is 88.1 Å². The van der Waals surface area contributed by atoms with Crippen molar-refractivity contribution in [1.29, 1.82) is 0 Å². The Bertz CT molecular complexity index is 1560. The summed E-state index contributed by atoms with van der Waals surface area (Å²) in [6, 6.07) is 10.9. The third-order valence-electron chi connectivity index (χ3n) is 5.69. The van der Waals surface area contributed by atoms with E-state index in [-0.39, 0.29) is 34.5 Å². The van der Waals surface area contributed by atoms with Crippen molar-refractivity contribution in [2.45, 2.75) is 26.6 Å². The van der Waals surface area contributed by atoms with Crippen molar-refractivity contribution in [3.63, 3.8) is 0 Å². The van der Waals surface area contributed by atoms with E-state index in [9.17, 15) is 31.9 Å². The molecule has 0 unspecified atom stereocenters. The molecule has 0 radical (unpaired) electrons. The van der Waals surface area contributed by atoms with Gasteiger partial charge in [-0.2, -0.15) is 18.3 Å². The molecular formula is C25H19F4N5O3. The van der Waals surface area contributed by atoms with Gasteiger partial charge in [0.15, 0.2) is 11.5 Å². The van der Waals surface area contributed by atoms with Gasteiger partial charge in [-0.1, -0.05) is 30.3 Å². The molecule has 2 heterocycles. The number of ketones is 1. The third kappa shape index (κ3) is 5.03. The molecule has 0 saturated carbocycles. The molecule has 190 valence electrons. The summed E-state index contributed by atoms with van der Waals surface area (Å²) in [5, 5.41) is 5.63.